The van der Waals surface area contributed by atoms with E-state index in [-0.39, 0.29) is 58.8 Å². The zero-order chi connectivity index (χ0) is 38.2. The topological polar surface area (TPSA) is 202 Å². The van der Waals surface area contributed by atoms with E-state index in [9.17, 15) is 39.6 Å². The first-order valence-electron chi connectivity index (χ1n) is 17.7. The van der Waals surface area contributed by atoms with Crippen molar-refractivity contribution in [3.05, 3.63) is 141 Å². The van der Waals surface area contributed by atoms with E-state index in [0.717, 1.165) is 5.56 Å². The molecule has 4 aromatic carbocycles. The number of phenolic OH excluding ortho intramolecular Hbond substituents is 1. The molecule has 2 amide bonds. The van der Waals surface area contributed by atoms with E-state index < -0.39 is 17.7 Å². The number of carboxylic acids is 1. The van der Waals surface area contributed by atoms with Gasteiger partial charge in [-0.1, -0.05) is 60.7 Å². The molecule has 1 saturated heterocycles. The lowest BCUT2D eigenvalue weighted by Gasteiger charge is -2.32. The van der Waals surface area contributed by atoms with Crippen LogP contribution in [0.2, 0.25) is 0 Å². The lowest BCUT2D eigenvalue weighted by atomic mass is 9.86. The van der Waals surface area contributed by atoms with Gasteiger partial charge in [-0.3, -0.25) is 14.4 Å². The number of carboxylic acid groups (broad SMARTS) is 1. The largest absolute Gasteiger partial charge is 0.506 e. The molecule has 6 rings (SSSR count). The number of aliphatic hydroxyl groups is 2. The van der Waals surface area contributed by atoms with Crippen LogP contribution in [0.4, 0.5) is 0 Å². The number of rotatable bonds is 14. The Morgan fingerprint density at radius 1 is 0.907 bits per heavy atom. The lowest BCUT2D eigenvalue weighted by Crippen LogP contribution is -2.44. The molecule has 0 radical (unpaired) electrons. The zero-order valence-corrected chi connectivity index (χ0v) is 29.4. The maximum absolute atomic E-state index is 12.9. The number of amides is 2. The predicted molar refractivity (Wildman–Crippen MR) is 200 cm³/mol. The van der Waals surface area contributed by atoms with Crippen molar-refractivity contribution >= 4 is 28.7 Å². The Morgan fingerprint density at radius 2 is 1.63 bits per heavy atom. The minimum Gasteiger partial charge on any atom is -0.506 e. The number of hydrogen-bond acceptors (Lipinski definition) is 9. The molecule has 0 aliphatic carbocycles. The van der Waals surface area contributed by atoms with E-state index >= 15 is 0 Å². The van der Waals surface area contributed by atoms with Gasteiger partial charge in [-0.15, -0.1) is 0 Å². The summed E-state index contributed by atoms with van der Waals surface area (Å²) in [6, 6.07) is 27.5. The van der Waals surface area contributed by atoms with E-state index in [1.165, 1.54) is 18.2 Å². The number of benzene rings is 4. The van der Waals surface area contributed by atoms with Crippen LogP contribution in [0.5, 0.6) is 11.5 Å². The average Bonchev–Trinajstić information content (AvgIpc) is 3.19. The van der Waals surface area contributed by atoms with Gasteiger partial charge in [-0.2, -0.15) is 0 Å². The van der Waals surface area contributed by atoms with Gasteiger partial charge in [0.05, 0.1) is 24.8 Å². The van der Waals surface area contributed by atoms with Gasteiger partial charge in [-0.05, 0) is 71.8 Å². The van der Waals surface area contributed by atoms with Gasteiger partial charge in [0.1, 0.15) is 11.5 Å². The fraction of sp³-hybridized carbons (Fsp3) is 0.268. The van der Waals surface area contributed by atoms with Gasteiger partial charge < -0.3 is 45.7 Å². The van der Waals surface area contributed by atoms with Crippen molar-refractivity contribution in [3.8, 4) is 11.5 Å². The molecule has 280 valence electrons. The van der Waals surface area contributed by atoms with Gasteiger partial charge >= 0.3 is 5.97 Å². The van der Waals surface area contributed by atoms with Crippen LogP contribution in [0.3, 0.4) is 0 Å². The highest BCUT2D eigenvalue weighted by Gasteiger charge is 2.40. The molecule has 1 aliphatic rings. The minimum atomic E-state index is -2.23. The maximum Gasteiger partial charge on any atom is 0.345 e. The fourth-order valence-corrected chi connectivity index (χ4v) is 6.62. The normalized spacial score (nSPS) is 15.0. The fourth-order valence-electron chi connectivity index (χ4n) is 6.62. The number of H-pyrrole nitrogens is 1. The van der Waals surface area contributed by atoms with E-state index in [2.05, 4.69) is 15.6 Å². The summed E-state index contributed by atoms with van der Waals surface area (Å²) in [6.45, 7) is 1.87. The van der Waals surface area contributed by atoms with Crippen LogP contribution >= 0.6 is 0 Å². The molecule has 1 fully saturated rings. The molecular formula is C41H42N4O9. The highest BCUT2D eigenvalue weighted by molar-refractivity contribution is 5.96. The second-order valence-electron chi connectivity index (χ2n) is 13.4. The van der Waals surface area contributed by atoms with Gasteiger partial charge in [-0.25, -0.2) is 4.79 Å². The second kappa shape index (κ2) is 16.8. The summed E-state index contributed by atoms with van der Waals surface area (Å²) in [5.74, 6) is -1.42. The molecule has 2 heterocycles. The van der Waals surface area contributed by atoms with Crippen molar-refractivity contribution in [3.63, 3.8) is 0 Å². The summed E-state index contributed by atoms with van der Waals surface area (Å²) in [4.78, 5) is 53.8. The Kier molecular flexibility index (Phi) is 11.7. The second-order valence-corrected chi connectivity index (χ2v) is 13.4. The number of aromatic hydroxyl groups is 1. The molecule has 1 aromatic heterocycles. The maximum atomic E-state index is 12.9. The van der Waals surface area contributed by atoms with E-state index in [4.69, 9.17) is 4.74 Å². The Balaban J connectivity index is 0.918. The third-order valence-electron chi connectivity index (χ3n) is 9.75. The third-order valence-corrected chi connectivity index (χ3v) is 9.75. The number of hydrogen-bond donors (Lipinski definition) is 7. The Labute approximate surface area is 310 Å². The summed E-state index contributed by atoms with van der Waals surface area (Å²) >= 11 is 0. The number of ether oxygens (including phenoxy) is 1. The van der Waals surface area contributed by atoms with Crippen LogP contribution in [-0.4, -0.2) is 80.9 Å². The summed E-state index contributed by atoms with van der Waals surface area (Å²) in [7, 11) is 0. The summed E-state index contributed by atoms with van der Waals surface area (Å²) < 4.78 is 6.00. The number of aromatic amines is 1. The first kappa shape index (κ1) is 37.7. The summed E-state index contributed by atoms with van der Waals surface area (Å²) in [5.41, 5.74) is -0.0527. The number of phenols is 1. The summed E-state index contributed by atoms with van der Waals surface area (Å²) in [5, 5.41) is 48.4. The van der Waals surface area contributed by atoms with Crippen molar-refractivity contribution in [1.82, 2.24) is 20.5 Å². The molecule has 2 atom stereocenters. The number of aromatic nitrogens is 1. The van der Waals surface area contributed by atoms with E-state index in [0.29, 0.717) is 61.3 Å². The van der Waals surface area contributed by atoms with Crippen LogP contribution in [0.25, 0.3) is 10.9 Å². The molecule has 1 aliphatic heterocycles. The molecule has 54 heavy (non-hydrogen) atoms. The van der Waals surface area contributed by atoms with Crippen LogP contribution in [0, 0.1) is 5.92 Å². The lowest BCUT2D eigenvalue weighted by molar-refractivity contribution is -0.155. The van der Waals surface area contributed by atoms with Crippen molar-refractivity contribution in [2.75, 3.05) is 32.8 Å². The van der Waals surface area contributed by atoms with Crippen molar-refractivity contribution < 1.29 is 39.5 Å². The number of aliphatic hydroxyl groups excluding tert-OH is 1. The van der Waals surface area contributed by atoms with Crippen LogP contribution in [0.15, 0.2) is 108 Å². The minimum absolute atomic E-state index is 0.0789. The number of pyridine rings is 1. The molecule has 5 aromatic rings. The highest BCUT2D eigenvalue weighted by atomic mass is 16.5. The molecule has 0 saturated carbocycles. The van der Waals surface area contributed by atoms with Crippen molar-refractivity contribution in [2.45, 2.75) is 31.1 Å². The molecule has 13 nitrogen and oxygen atoms in total. The smallest absolute Gasteiger partial charge is 0.345 e. The van der Waals surface area contributed by atoms with Crippen LogP contribution < -0.4 is 20.9 Å². The number of carbonyl (C=O) groups excluding carboxylic acids is 2. The highest BCUT2D eigenvalue weighted by Crippen LogP contribution is 2.33. The monoisotopic (exact) mass is 734 g/mol. The number of likely N-dealkylation sites (tertiary alicyclic amines) is 1. The van der Waals surface area contributed by atoms with Crippen molar-refractivity contribution in [1.29, 1.82) is 0 Å². The first-order valence-corrected chi connectivity index (χ1v) is 17.7. The van der Waals surface area contributed by atoms with Gasteiger partial charge in [0.15, 0.2) is 0 Å². The Hall–Kier alpha value is -6.02. The molecule has 7 N–H and O–H groups in total. The molecule has 0 spiro atoms. The van der Waals surface area contributed by atoms with Gasteiger partial charge in [0, 0.05) is 48.8 Å². The Bertz CT molecular complexity index is 2170. The first-order chi connectivity index (χ1) is 26.0. The number of fused-ring (bicyclic) bond motifs is 1. The predicted octanol–water partition coefficient (Wildman–Crippen LogP) is 3.42. The number of aliphatic carboxylic acids is 1. The number of carbonyl (C=O) groups is 3. The van der Waals surface area contributed by atoms with E-state index in [1.807, 2.05) is 0 Å². The number of nitrogens with zero attached hydrogens (tertiary/aromatic N) is 1. The molecule has 0 bridgehead atoms. The SMILES string of the molecule is O=C(NCC(=O)N1CCC(COc2cccc([C@](O)(C(=O)O)c3ccccc3)c2)CC1)c1ccc(CNC[C@H](O)c2ccc(O)c3[nH]c(=O)ccc23)cc1. The molecule has 0 unspecified atom stereocenters. The standard InChI is InChI=1S/C41H42N4O9/c46-34-15-13-32(33-14-16-36(48)44-38(33)34)35(47)23-42-22-26-9-11-28(12-10-26)39(50)43-24-37(49)45-19-17-27(18-20-45)25-54-31-8-4-7-30(21-31)41(53,40(51)52)29-5-2-1-3-6-29/h1-16,21,27,35,42,46-47,53H,17-20,22-25H2,(H,43,50)(H,44,48)(H,51,52)/t35-,41-/m0/s1. The van der Waals surface area contributed by atoms with Crippen LogP contribution in [0.1, 0.15) is 51.6 Å². The molecule has 13 heteroatoms. The number of piperidine rings is 1. The zero-order valence-electron chi connectivity index (χ0n) is 29.4. The van der Waals surface area contributed by atoms with E-state index in [1.54, 1.807) is 89.8 Å². The summed E-state index contributed by atoms with van der Waals surface area (Å²) in [6.07, 6.45) is 0.489. The molecular weight excluding hydrogens is 692 g/mol. The third kappa shape index (κ3) is 8.60. The quantitative estimate of drug-likeness (QED) is 0.0887. The average molecular weight is 735 g/mol. The van der Waals surface area contributed by atoms with Crippen LogP contribution in [-0.2, 0) is 21.7 Å². The van der Waals surface area contributed by atoms with Crippen molar-refractivity contribution in [2.24, 2.45) is 5.92 Å². The number of nitrogens with one attached hydrogen (secondary N) is 3. The Morgan fingerprint density at radius 3 is 2.35 bits per heavy atom. The van der Waals surface area contributed by atoms with Gasteiger partial charge in [0.25, 0.3) is 5.91 Å². The van der Waals surface area contributed by atoms with Gasteiger partial charge in [0.2, 0.25) is 17.1 Å².